The number of methoxy groups -OCH3 is 1. The highest BCUT2D eigenvalue weighted by molar-refractivity contribution is 5.94. The molecule has 0 saturated heterocycles. The van der Waals surface area contributed by atoms with Crippen molar-refractivity contribution in [2.45, 2.75) is 43.9 Å². The van der Waals surface area contributed by atoms with Crippen LogP contribution in [0.1, 0.15) is 41.7 Å². The predicted molar refractivity (Wildman–Crippen MR) is 110 cm³/mol. The predicted octanol–water partition coefficient (Wildman–Crippen LogP) is 4.51. The van der Waals surface area contributed by atoms with Gasteiger partial charge in [-0.2, -0.15) is 18.3 Å². The summed E-state index contributed by atoms with van der Waals surface area (Å²) in [5, 5.41) is 10.0. The van der Waals surface area contributed by atoms with Crippen molar-refractivity contribution in [3.8, 4) is 5.75 Å². The van der Waals surface area contributed by atoms with E-state index >= 15 is 0 Å². The smallest absolute Gasteiger partial charge is 0.435 e. The van der Waals surface area contributed by atoms with Crippen LogP contribution in [0.3, 0.4) is 0 Å². The van der Waals surface area contributed by atoms with Crippen LogP contribution in [0.15, 0.2) is 48.7 Å². The number of pyridine rings is 1. The molecule has 2 heterocycles. The third-order valence-electron chi connectivity index (χ3n) is 5.57. The highest BCUT2D eigenvalue weighted by atomic mass is 19.4. The summed E-state index contributed by atoms with van der Waals surface area (Å²) in [4.78, 5) is 12.4. The zero-order valence-electron chi connectivity index (χ0n) is 16.9. The van der Waals surface area contributed by atoms with Gasteiger partial charge in [-0.25, -0.2) is 4.52 Å². The Kier molecular flexibility index (Phi) is 5.75. The lowest BCUT2D eigenvalue weighted by Crippen LogP contribution is -2.40. The second-order valence-corrected chi connectivity index (χ2v) is 7.67. The molecule has 0 bridgehead atoms. The van der Waals surface area contributed by atoms with E-state index in [1.54, 1.807) is 43.5 Å². The molecule has 1 aliphatic carbocycles. The van der Waals surface area contributed by atoms with Crippen LogP contribution in [0.4, 0.5) is 18.9 Å². The van der Waals surface area contributed by atoms with Gasteiger partial charge in [0.25, 0.3) is 5.91 Å². The van der Waals surface area contributed by atoms with Gasteiger partial charge in [0.15, 0.2) is 5.69 Å². The van der Waals surface area contributed by atoms with E-state index < -0.39 is 11.9 Å². The number of carbonyl (C=O) groups excluding carboxylic acids is 1. The molecule has 31 heavy (non-hydrogen) atoms. The summed E-state index contributed by atoms with van der Waals surface area (Å²) in [5.74, 6) is 0.571. The van der Waals surface area contributed by atoms with Crippen LogP contribution in [0.25, 0.3) is 5.52 Å². The van der Waals surface area contributed by atoms with Crippen LogP contribution in [0, 0.1) is 0 Å². The van der Waals surface area contributed by atoms with Crippen LogP contribution in [-0.2, 0) is 6.18 Å². The average Bonchev–Trinajstić information content (AvgIpc) is 3.21. The van der Waals surface area contributed by atoms with Crippen LogP contribution in [0.2, 0.25) is 0 Å². The fraction of sp³-hybridized carbons (Fsp3) is 0.364. The number of hydrogen-bond donors (Lipinski definition) is 2. The van der Waals surface area contributed by atoms with E-state index in [-0.39, 0.29) is 18.0 Å². The third kappa shape index (κ3) is 4.76. The molecule has 2 N–H and O–H groups in total. The second kappa shape index (κ2) is 8.49. The van der Waals surface area contributed by atoms with Gasteiger partial charge in [-0.3, -0.25) is 4.79 Å². The monoisotopic (exact) mass is 432 g/mol. The van der Waals surface area contributed by atoms with E-state index in [2.05, 4.69) is 15.7 Å². The first-order chi connectivity index (χ1) is 14.8. The number of ether oxygens (including phenoxy) is 1. The minimum Gasteiger partial charge on any atom is -0.497 e. The van der Waals surface area contributed by atoms with Crippen molar-refractivity contribution in [1.82, 2.24) is 14.9 Å². The molecule has 1 aliphatic rings. The first-order valence-corrected chi connectivity index (χ1v) is 10.1. The fourth-order valence-electron chi connectivity index (χ4n) is 3.89. The van der Waals surface area contributed by atoms with Crippen molar-refractivity contribution in [1.29, 1.82) is 0 Å². The lowest BCUT2D eigenvalue weighted by molar-refractivity contribution is -0.141. The Balaban J connectivity index is 1.35. The Labute approximate surface area is 177 Å². The van der Waals surface area contributed by atoms with Gasteiger partial charge in [-0.05, 0) is 68.1 Å². The highest BCUT2D eigenvalue weighted by Crippen LogP contribution is 2.31. The maximum absolute atomic E-state index is 13.0. The Morgan fingerprint density at radius 2 is 1.77 bits per heavy atom. The molecule has 0 aliphatic heterocycles. The van der Waals surface area contributed by atoms with Crippen molar-refractivity contribution in [3.05, 3.63) is 59.9 Å². The molecule has 6 nitrogen and oxygen atoms in total. The Morgan fingerprint density at radius 1 is 1.10 bits per heavy atom. The van der Waals surface area contributed by atoms with Gasteiger partial charge in [0.05, 0.1) is 18.3 Å². The molecule has 0 radical (unpaired) electrons. The number of nitrogens with zero attached hydrogens (tertiary/aromatic N) is 2. The summed E-state index contributed by atoms with van der Waals surface area (Å²) in [6, 6.07) is 11.6. The van der Waals surface area contributed by atoms with Gasteiger partial charge in [-0.1, -0.05) is 0 Å². The third-order valence-corrected chi connectivity index (χ3v) is 5.57. The van der Waals surface area contributed by atoms with Gasteiger partial charge >= 0.3 is 6.18 Å². The van der Waals surface area contributed by atoms with Crippen LogP contribution in [-0.4, -0.2) is 34.7 Å². The van der Waals surface area contributed by atoms with Crippen molar-refractivity contribution >= 4 is 17.1 Å². The topological polar surface area (TPSA) is 67.7 Å². The lowest BCUT2D eigenvalue weighted by Gasteiger charge is -2.30. The summed E-state index contributed by atoms with van der Waals surface area (Å²) in [6.07, 6.45) is 0.194. The zero-order valence-corrected chi connectivity index (χ0v) is 16.9. The molecule has 9 heteroatoms. The van der Waals surface area contributed by atoms with Crippen LogP contribution >= 0.6 is 0 Å². The van der Waals surface area contributed by atoms with Crippen LogP contribution in [0.5, 0.6) is 5.75 Å². The molecule has 0 spiro atoms. The van der Waals surface area contributed by atoms with E-state index in [1.165, 1.54) is 10.7 Å². The normalized spacial score (nSPS) is 19.2. The van der Waals surface area contributed by atoms with E-state index in [4.69, 9.17) is 4.74 Å². The number of carbonyl (C=O) groups is 1. The van der Waals surface area contributed by atoms with E-state index in [0.717, 1.165) is 31.7 Å². The first kappa shape index (κ1) is 21.0. The number of amides is 1. The molecular formula is C22H23F3N4O2. The van der Waals surface area contributed by atoms with E-state index in [9.17, 15) is 18.0 Å². The lowest BCUT2D eigenvalue weighted by atomic mass is 9.90. The second-order valence-electron chi connectivity index (χ2n) is 7.67. The number of hydrogen-bond acceptors (Lipinski definition) is 4. The molecule has 4 rings (SSSR count). The van der Waals surface area contributed by atoms with E-state index in [0.29, 0.717) is 22.5 Å². The fourth-order valence-corrected chi connectivity index (χ4v) is 3.89. The molecule has 164 valence electrons. The van der Waals surface area contributed by atoms with Gasteiger partial charge in [0.2, 0.25) is 0 Å². The quantitative estimate of drug-likeness (QED) is 0.622. The molecule has 1 fully saturated rings. The highest BCUT2D eigenvalue weighted by Gasteiger charge is 2.34. The van der Waals surface area contributed by atoms with Gasteiger partial charge in [-0.15, -0.1) is 0 Å². The Hall–Kier alpha value is -3.23. The molecule has 1 saturated carbocycles. The number of fused-ring (bicyclic) bond motifs is 1. The number of anilines is 1. The van der Waals surface area contributed by atoms with Crippen molar-refractivity contribution in [2.75, 3.05) is 12.4 Å². The molecule has 1 aromatic carbocycles. The maximum atomic E-state index is 13.0. The van der Waals surface area contributed by atoms with Gasteiger partial charge in [0, 0.05) is 23.8 Å². The van der Waals surface area contributed by atoms with Crippen LogP contribution < -0.4 is 15.4 Å². The van der Waals surface area contributed by atoms with Crippen molar-refractivity contribution < 1.29 is 22.7 Å². The number of alkyl halides is 3. The summed E-state index contributed by atoms with van der Waals surface area (Å²) in [7, 11) is 1.57. The number of nitrogens with one attached hydrogen (secondary N) is 2. The number of rotatable bonds is 5. The zero-order chi connectivity index (χ0) is 22.0. The maximum Gasteiger partial charge on any atom is 0.435 e. The minimum absolute atomic E-state index is 0.0650. The summed E-state index contributed by atoms with van der Waals surface area (Å²) >= 11 is 0. The molecule has 3 aromatic rings. The van der Waals surface area contributed by atoms with E-state index in [1.807, 2.05) is 0 Å². The largest absolute Gasteiger partial charge is 0.497 e. The minimum atomic E-state index is -4.48. The SMILES string of the molecule is COc1ccc(C(=O)N[C@H]2CC[C@@H](Nc3cccn4nc(C(F)(F)F)cc34)CC2)cc1. The average molecular weight is 432 g/mol. The Bertz CT molecular complexity index is 1050. The number of aromatic nitrogens is 2. The summed E-state index contributed by atoms with van der Waals surface area (Å²) < 4.78 is 45.3. The molecule has 0 unspecified atom stereocenters. The number of benzene rings is 1. The van der Waals surface area contributed by atoms with Crippen molar-refractivity contribution in [2.24, 2.45) is 0 Å². The van der Waals surface area contributed by atoms with Gasteiger partial charge in [0.1, 0.15) is 5.75 Å². The first-order valence-electron chi connectivity index (χ1n) is 10.1. The standard InChI is InChI=1S/C22H23F3N4O2/c1-31-17-10-4-14(5-11-17)21(30)27-16-8-6-15(7-9-16)26-18-3-2-12-29-19(18)13-20(28-29)22(23,24)25/h2-5,10-13,15-16,26H,6-9H2,1H3,(H,27,30)/t15-,16+. The summed E-state index contributed by atoms with van der Waals surface area (Å²) in [6.45, 7) is 0. The van der Waals surface area contributed by atoms with Crippen molar-refractivity contribution in [3.63, 3.8) is 0 Å². The molecule has 0 atom stereocenters. The Morgan fingerprint density at radius 3 is 2.42 bits per heavy atom. The molecular weight excluding hydrogens is 409 g/mol. The molecule has 1 amide bonds. The van der Waals surface area contributed by atoms with Gasteiger partial charge < -0.3 is 15.4 Å². The molecule has 2 aromatic heterocycles. The summed E-state index contributed by atoms with van der Waals surface area (Å²) in [5.41, 5.74) is 0.682. The number of halogens is 3.